The quantitative estimate of drug-likeness (QED) is 0.766. The predicted molar refractivity (Wildman–Crippen MR) is 100 cm³/mol. The summed E-state index contributed by atoms with van der Waals surface area (Å²) in [5.74, 6) is 1.62. The minimum Gasteiger partial charge on any atom is -0.369 e. The molecule has 0 radical (unpaired) electrons. The summed E-state index contributed by atoms with van der Waals surface area (Å²) in [4.78, 5) is 6.86. The molecule has 0 unspecified atom stereocenters. The molecule has 0 bridgehead atoms. The Morgan fingerprint density at radius 2 is 1.88 bits per heavy atom. The number of hydrogen-bond donors (Lipinski definition) is 1. The summed E-state index contributed by atoms with van der Waals surface area (Å²) in [5, 5.41) is 6.08. The van der Waals surface area contributed by atoms with Crippen LogP contribution >= 0.6 is 0 Å². The van der Waals surface area contributed by atoms with Crippen LogP contribution in [0.25, 0.3) is 10.8 Å². The summed E-state index contributed by atoms with van der Waals surface area (Å²) >= 11 is 0. The highest BCUT2D eigenvalue weighted by Gasteiger charge is 2.23. The number of rotatable bonds is 5. The van der Waals surface area contributed by atoms with Gasteiger partial charge in [-0.3, -0.25) is 0 Å². The normalized spacial score (nSPS) is 18.1. The van der Waals surface area contributed by atoms with Crippen LogP contribution in [0.2, 0.25) is 0 Å². The molecule has 1 fully saturated rings. The van der Waals surface area contributed by atoms with E-state index in [9.17, 15) is 0 Å². The summed E-state index contributed by atoms with van der Waals surface area (Å²) < 4.78 is 0. The number of nitrogens with zero attached hydrogens (tertiary/aromatic N) is 2. The molecule has 3 heteroatoms. The first-order valence-electron chi connectivity index (χ1n) is 8.74. The van der Waals surface area contributed by atoms with Gasteiger partial charge in [0.15, 0.2) is 0 Å². The maximum Gasteiger partial charge on any atom is 0.125 e. The molecule has 1 N–H and O–H groups in total. The predicted octanol–water partition coefficient (Wildman–Crippen LogP) is 4.14. The van der Waals surface area contributed by atoms with Crippen molar-refractivity contribution in [3.63, 3.8) is 0 Å². The van der Waals surface area contributed by atoms with Crippen molar-refractivity contribution in [3.8, 4) is 0 Å². The van der Waals surface area contributed by atoms with Crippen molar-refractivity contribution in [3.05, 3.63) is 72.4 Å². The molecule has 1 aliphatic rings. The summed E-state index contributed by atoms with van der Waals surface area (Å²) in [6, 6.07) is 21.5. The van der Waals surface area contributed by atoms with Crippen LogP contribution in [0.5, 0.6) is 0 Å². The largest absolute Gasteiger partial charge is 0.369 e. The van der Waals surface area contributed by atoms with Gasteiger partial charge in [0.05, 0.1) is 0 Å². The Balaban J connectivity index is 1.33. The summed E-state index contributed by atoms with van der Waals surface area (Å²) in [7, 11) is 0. The fraction of sp³-hybridized carbons (Fsp3) is 0.286. The molecule has 0 spiro atoms. The van der Waals surface area contributed by atoms with Gasteiger partial charge in [0.2, 0.25) is 0 Å². The molecule has 3 aromatic rings. The summed E-state index contributed by atoms with van der Waals surface area (Å²) in [6.45, 7) is 4.35. The van der Waals surface area contributed by atoms with E-state index in [0.717, 1.165) is 25.5 Å². The van der Waals surface area contributed by atoms with Crippen molar-refractivity contribution < 1.29 is 0 Å². The maximum atomic E-state index is 4.30. The molecule has 1 aromatic heterocycles. The molecule has 2 heterocycles. The Bertz CT molecular complexity index is 800. The lowest BCUT2D eigenvalue weighted by Gasteiger charge is -2.17. The van der Waals surface area contributed by atoms with Crippen LogP contribution in [0.15, 0.2) is 66.9 Å². The molecule has 122 valence electrons. The molecular formula is C21H23N3. The first kappa shape index (κ1) is 15.2. The van der Waals surface area contributed by atoms with Crippen molar-refractivity contribution in [1.82, 2.24) is 9.88 Å². The minimum atomic E-state index is 0.657. The van der Waals surface area contributed by atoms with Gasteiger partial charge in [0, 0.05) is 25.8 Å². The van der Waals surface area contributed by atoms with E-state index in [2.05, 4.69) is 57.7 Å². The highest BCUT2D eigenvalue weighted by atomic mass is 15.2. The van der Waals surface area contributed by atoms with E-state index in [-0.39, 0.29) is 0 Å². The zero-order valence-electron chi connectivity index (χ0n) is 13.9. The SMILES string of the molecule is c1ccc(NCCN2CC[C@@H](c3ccc4ccccc4c3)C2)nc1. The van der Waals surface area contributed by atoms with Crippen LogP contribution in [-0.4, -0.2) is 36.1 Å². The van der Waals surface area contributed by atoms with Crippen molar-refractivity contribution in [1.29, 1.82) is 0 Å². The molecule has 1 aliphatic heterocycles. The highest BCUT2D eigenvalue weighted by Crippen LogP contribution is 2.29. The number of likely N-dealkylation sites (tertiary alicyclic amines) is 1. The van der Waals surface area contributed by atoms with Crippen molar-refractivity contribution in [2.75, 3.05) is 31.5 Å². The lowest BCUT2D eigenvalue weighted by Crippen LogP contribution is -2.27. The number of hydrogen-bond acceptors (Lipinski definition) is 3. The monoisotopic (exact) mass is 317 g/mol. The minimum absolute atomic E-state index is 0.657. The fourth-order valence-corrected chi connectivity index (χ4v) is 3.58. The summed E-state index contributed by atoms with van der Waals surface area (Å²) in [6.07, 6.45) is 3.08. The van der Waals surface area contributed by atoms with Gasteiger partial charge in [-0.05, 0) is 47.4 Å². The van der Waals surface area contributed by atoms with Gasteiger partial charge >= 0.3 is 0 Å². The first-order valence-corrected chi connectivity index (χ1v) is 8.74. The Hall–Kier alpha value is -2.39. The van der Waals surface area contributed by atoms with E-state index < -0.39 is 0 Å². The van der Waals surface area contributed by atoms with E-state index in [0.29, 0.717) is 5.92 Å². The molecule has 1 saturated heterocycles. The molecular weight excluding hydrogens is 294 g/mol. The molecule has 24 heavy (non-hydrogen) atoms. The number of fused-ring (bicyclic) bond motifs is 1. The number of pyridine rings is 1. The first-order chi connectivity index (χ1) is 11.9. The van der Waals surface area contributed by atoms with Crippen LogP contribution < -0.4 is 5.32 Å². The second kappa shape index (κ2) is 7.02. The molecule has 0 aliphatic carbocycles. The number of nitrogens with one attached hydrogen (secondary N) is 1. The zero-order valence-corrected chi connectivity index (χ0v) is 13.9. The van der Waals surface area contributed by atoms with Gasteiger partial charge < -0.3 is 10.2 Å². The maximum absolute atomic E-state index is 4.30. The van der Waals surface area contributed by atoms with Gasteiger partial charge in [-0.25, -0.2) is 4.98 Å². The third-order valence-electron chi connectivity index (χ3n) is 4.92. The Labute approximate surface area is 143 Å². The van der Waals surface area contributed by atoms with Crippen LogP contribution in [0.3, 0.4) is 0 Å². The van der Waals surface area contributed by atoms with E-state index in [4.69, 9.17) is 0 Å². The third-order valence-corrected chi connectivity index (χ3v) is 4.92. The standard InChI is InChI=1S/C21H23N3/c1-2-6-18-15-19(9-8-17(18)5-1)20-10-13-24(16-20)14-12-23-21-7-3-4-11-22-21/h1-9,11,15,20H,10,12-14,16H2,(H,22,23)/t20-/m1/s1. The van der Waals surface area contributed by atoms with Crippen LogP contribution in [0.4, 0.5) is 5.82 Å². The van der Waals surface area contributed by atoms with Gasteiger partial charge in [-0.15, -0.1) is 0 Å². The smallest absolute Gasteiger partial charge is 0.125 e. The van der Waals surface area contributed by atoms with Crippen LogP contribution in [0, 0.1) is 0 Å². The number of anilines is 1. The van der Waals surface area contributed by atoms with Crippen LogP contribution in [0.1, 0.15) is 17.9 Å². The second-order valence-corrected chi connectivity index (χ2v) is 6.53. The molecule has 0 saturated carbocycles. The number of aromatic nitrogens is 1. The van der Waals surface area contributed by atoms with E-state index >= 15 is 0 Å². The van der Waals surface area contributed by atoms with E-state index in [1.165, 1.54) is 29.3 Å². The molecule has 1 atom stereocenters. The topological polar surface area (TPSA) is 28.2 Å². The average molecular weight is 317 g/mol. The zero-order chi connectivity index (χ0) is 16.2. The van der Waals surface area contributed by atoms with E-state index in [1.807, 2.05) is 24.4 Å². The Morgan fingerprint density at radius 1 is 1.00 bits per heavy atom. The van der Waals surface area contributed by atoms with Crippen molar-refractivity contribution in [2.24, 2.45) is 0 Å². The van der Waals surface area contributed by atoms with Gasteiger partial charge in [0.25, 0.3) is 0 Å². The second-order valence-electron chi connectivity index (χ2n) is 6.53. The Morgan fingerprint density at radius 3 is 2.75 bits per heavy atom. The fourth-order valence-electron chi connectivity index (χ4n) is 3.58. The van der Waals surface area contributed by atoms with Gasteiger partial charge in [-0.1, -0.05) is 48.5 Å². The molecule has 3 nitrogen and oxygen atoms in total. The van der Waals surface area contributed by atoms with Gasteiger partial charge in [0.1, 0.15) is 5.82 Å². The summed E-state index contributed by atoms with van der Waals surface area (Å²) in [5.41, 5.74) is 1.48. The van der Waals surface area contributed by atoms with E-state index in [1.54, 1.807) is 0 Å². The third kappa shape index (κ3) is 3.41. The lowest BCUT2D eigenvalue weighted by atomic mass is 9.96. The molecule has 4 rings (SSSR count). The average Bonchev–Trinajstić information content (AvgIpc) is 3.11. The van der Waals surface area contributed by atoms with Crippen LogP contribution in [-0.2, 0) is 0 Å². The van der Waals surface area contributed by atoms with Crippen molar-refractivity contribution in [2.45, 2.75) is 12.3 Å². The van der Waals surface area contributed by atoms with Gasteiger partial charge in [-0.2, -0.15) is 0 Å². The molecule has 0 amide bonds. The number of benzene rings is 2. The molecule has 2 aromatic carbocycles. The van der Waals surface area contributed by atoms with Crippen molar-refractivity contribution >= 4 is 16.6 Å². The highest BCUT2D eigenvalue weighted by molar-refractivity contribution is 5.83. The lowest BCUT2D eigenvalue weighted by molar-refractivity contribution is 0.348. The Kier molecular flexibility index (Phi) is 4.43.